The Balaban J connectivity index is 1.86. The van der Waals surface area contributed by atoms with E-state index >= 15 is 0 Å². The quantitative estimate of drug-likeness (QED) is 0.486. The minimum atomic E-state index is 0.307. The van der Waals surface area contributed by atoms with Gasteiger partial charge in [0.2, 0.25) is 0 Å². The molecule has 0 spiro atoms. The van der Waals surface area contributed by atoms with Gasteiger partial charge in [0, 0.05) is 32.6 Å². The lowest BCUT2D eigenvalue weighted by Gasteiger charge is -2.13. The highest BCUT2D eigenvalue weighted by molar-refractivity contribution is 7.98. The van der Waals surface area contributed by atoms with Crippen LogP contribution in [-0.4, -0.2) is 14.8 Å². The van der Waals surface area contributed by atoms with Gasteiger partial charge in [0.1, 0.15) is 0 Å². The fourth-order valence-corrected chi connectivity index (χ4v) is 4.53. The molecule has 0 saturated carbocycles. The summed E-state index contributed by atoms with van der Waals surface area (Å²) in [6.07, 6.45) is 1.05. The minimum Gasteiger partial charge on any atom is -0.299 e. The SMILES string of the molecule is CCc1cc(-c2nnc(SCc3cccc(Cl)c3)n2C(C)C)cs1. The molecule has 0 saturated heterocycles. The molecule has 0 bridgehead atoms. The van der Waals surface area contributed by atoms with Crippen molar-refractivity contribution >= 4 is 34.7 Å². The topological polar surface area (TPSA) is 30.7 Å². The van der Waals surface area contributed by atoms with Gasteiger partial charge in [0.15, 0.2) is 11.0 Å². The van der Waals surface area contributed by atoms with Crippen molar-refractivity contribution in [1.29, 1.82) is 0 Å². The zero-order chi connectivity index (χ0) is 17.1. The van der Waals surface area contributed by atoms with E-state index in [1.54, 1.807) is 23.1 Å². The van der Waals surface area contributed by atoms with Crippen LogP contribution in [0.2, 0.25) is 5.02 Å². The largest absolute Gasteiger partial charge is 0.299 e. The number of thiophene rings is 1. The van der Waals surface area contributed by atoms with Crippen LogP contribution in [0.1, 0.15) is 37.3 Å². The molecular weight excluding hydrogens is 358 g/mol. The number of hydrogen-bond acceptors (Lipinski definition) is 4. The van der Waals surface area contributed by atoms with E-state index in [0.29, 0.717) is 6.04 Å². The number of aromatic nitrogens is 3. The third kappa shape index (κ3) is 3.85. The first kappa shape index (κ1) is 17.5. The molecule has 2 heterocycles. The molecule has 3 nitrogen and oxygen atoms in total. The van der Waals surface area contributed by atoms with Gasteiger partial charge in [-0.25, -0.2) is 0 Å². The Morgan fingerprint density at radius 1 is 1.25 bits per heavy atom. The molecule has 0 aliphatic carbocycles. The summed E-state index contributed by atoms with van der Waals surface area (Å²) in [5.41, 5.74) is 2.35. The van der Waals surface area contributed by atoms with Crippen molar-refractivity contribution in [1.82, 2.24) is 14.8 Å². The molecule has 3 aromatic rings. The lowest BCUT2D eigenvalue weighted by atomic mass is 10.2. The average Bonchev–Trinajstić information content (AvgIpc) is 3.19. The molecule has 126 valence electrons. The standard InChI is InChI=1S/C18H20ClN3S2/c1-4-16-9-14(11-23-16)17-20-21-18(22(17)12(2)3)24-10-13-6-5-7-15(19)8-13/h5-9,11-12H,4,10H2,1-3H3. The third-order valence-corrected chi connectivity index (χ3v) is 6.03. The monoisotopic (exact) mass is 377 g/mol. The van der Waals surface area contributed by atoms with Crippen molar-refractivity contribution in [2.24, 2.45) is 0 Å². The van der Waals surface area contributed by atoms with E-state index in [4.69, 9.17) is 11.6 Å². The minimum absolute atomic E-state index is 0.307. The van der Waals surface area contributed by atoms with Crippen molar-refractivity contribution in [3.8, 4) is 11.4 Å². The second-order valence-electron chi connectivity index (χ2n) is 5.84. The second-order valence-corrected chi connectivity index (χ2v) is 8.22. The van der Waals surface area contributed by atoms with Crippen molar-refractivity contribution in [2.75, 3.05) is 0 Å². The van der Waals surface area contributed by atoms with Crippen LogP contribution in [0.5, 0.6) is 0 Å². The van der Waals surface area contributed by atoms with E-state index in [1.807, 2.05) is 18.2 Å². The highest BCUT2D eigenvalue weighted by Crippen LogP contribution is 2.32. The van der Waals surface area contributed by atoms with E-state index in [-0.39, 0.29) is 0 Å². The zero-order valence-corrected chi connectivity index (χ0v) is 16.4. The van der Waals surface area contributed by atoms with E-state index in [9.17, 15) is 0 Å². The van der Waals surface area contributed by atoms with Crippen LogP contribution < -0.4 is 0 Å². The predicted molar refractivity (Wildman–Crippen MR) is 104 cm³/mol. The molecule has 6 heteroatoms. The number of hydrogen-bond donors (Lipinski definition) is 0. The lowest BCUT2D eigenvalue weighted by molar-refractivity contribution is 0.555. The Labute approximate surface area is 156 Å². The maximum Gasteiger partial charge on any atom is 0.192 e. The maximum atomic E-state index is 6.07. The molecule has 1 aromatic carbocycles. The maximum absolute atomic E-state index is 6.07. The Bertz CT molecular complexity index is 823. The first-order valence-corrected chi connectivity index (χ1v) is 10.2. The predicted octanol–water partition coefficient (Wildman–Crippen LogP) is 6.10. The van der Waals surface area contributed by atoms with Crippen molar-refractivity contribution in [3.63, 3.8) is 0 Å². The van der Waals surface area contributed by atoms with Gasteiger partial charge in [-0.2, -0.15) is 0 Å². The Morgan fingerprint density at radius 2 is 2.08 bits per heavy atom. The number of nitrogens with zero attached hydrogens (tertiary/aromatic N) is 3. The highest BCUT2D eigenvalue weighted by Gasteiger charge is 2.17. The smallest absolute Gasteiger partial charge is 0.192 e. The van der Waals surface area contributed by atoms with Crippen molar-refractivity contribution < 1.29 is 0 Å². The van der Waals surface area contributed by atoms with E-state index in [2.05, 4.69) is 53.0 Å². The molecule has 0 aliphatic rings. The summed E-state index contributed by atoms with van der Waals surface area (Å²) in [6, 6.07) is 10.5. The number of aryl methyl sites for hydroxylation is 1. The van der Waals surface area contributed by atoms with E-state index in [1.165, 1.54) is 10.4 Å². The molecule has 0 amide bonds. The van der Waals surface area contributed by atoms with Crippen LogP contribution in [0.3, 0.4) is 0 Å². The molecule has 0 unspecified atom stereocenters. The average molecular weight is 378 g/mol. The van der Waals surface area contributed by atoms with Crippen molar-refractivity contribution in [2.45, 2.75) is 44.1 Å². The summed E-state index contributed by atoms with van der Waals surface area (Å²) in [5, 5.41) is 12.8. The molecule has 0 fully saturated rings. The third-order valence-electron chi connectivity index (χ3n) is 3.70. The molecule has 3 rings (SSSR count). The summed E-state index contributed by atoms with van der Waals surface area (Å²) in [7, 11) is 0. The van der Waals surface area contributed by atoms with Gasteiger partial charge in [-0.3, -0.25) is 4.57 Å². The second kappa shape index (κ2) is 7.72. The Hall–Kier alpha value is -1.30. The number of rotatable bonds is 6. The molecule has 2 aromatic heterocycles. The van der Waals surface area contributed by atoms with E-state index in [0.717, 1.165) is 33.7 Å². The normalized spacial score (nSPS) is 11.4. The first-order chi connectivity index (χ1) is 11.6. The summed E-state index contributed by atoms with van der Waals surface area (Å²) in [6.45, 7) is 6.52. The van der Waals surface area contributed by atoms with Gasteiger partial charge in [-0.05, 0) is 44.0 Å². The van der Waals surface area contributed by atoms with Gasteiger partial charge in [0.05, 0.1) is 0 Å². The fraction of sp³-hybridized carbons (Fsp3) is 0.333. The summed E-state index contributed by atoms with van der Waals surface area (Å²) >= 11 is 9.55. The highest BCUT2D eigenvalue weighted by atomic mass is 35.5. The summed E-state index contributed by atoms with van der Waals surface area (Å²) in [4.78, 5) is 1.37. The Morgan fingerprint density at radius 3 is 2.75 bits per heavy atom. The summed E-state index contributed by atoms with van der Waals surface area (Å²) < 4.78 is 2.22. The van der Waals surface area contributed by atoms with Gasteiger partial charge < -0.3 is 0 Å². The zero-order valence-electron chi connectivity index (χ0n) is 14.0. The van der Waals surface area contributed by atoms with Gasteiger partial charge in [0.25, 0.3) is 0 Å². The molecule has 24 heavy (non-hydrogen) atoms. The van der Waals surface area contributed by atoms with Gasteiger partial charge >= 0.3 is 0 Å². The summed E-state index contributed by atoms with van der Waals surface area (Å²) in [5.74, 6) is 1.78. The van der Waals surface area contributed by atoms with Gasteiger partial charge in [-0.1, -0.05) is 42.4 Å². The molecule has 0 aliphatic heterocycles. The number of thioether (sulfide) groups is 1. The van der Waals surface area contributed by atoms with Crippen LogP contribution in [0.15, 0.2) is 40.9 Å². The molecule has 0 radical (unpaired) electrons. The fourth-order valence-electron chi connectivity index (χ4n) is 2.50. The molecule has 0 atom stereocenters. The van der Waals surface area contributed by atoms with Crippen LogP contribution in [0.4, 0.5) is 0 Å². The van der Waals surface area contributed by atoms with E-state index < -0.39 is 0 Å². The van der Waals surface area contributed by atoms with Crippen molar-refractivity contribution in [3.05, 3.63) is 51.2 Å². The van der Waals surface area contributed by atoms with Crippen LogP contribution in [-0.2, 0) is 12.2 Å². The van der Waals surface area contributed by atoms with Crippen LogP contribution >= 0.6 is 34.7 Å². The molecular formula is C18H20ClN3S2. The van der Waals surface area contributed by atoms with Crippen LogP contribution in [0, 0.1) is 0 Å². The first-order valence-electron chi connectivity index (χ1n) is 7.98. The Kier molecular flexibility index (Phi) is 5.64. The molecule has 0 N–H and O–H groups in total. The number of benzene rings is 1. The lowest BCUT2D eigenvalue weighted by Crippen LogP contribution is -2.04. The van der Waals surface area contributed by atoms with Crippen LogP contribution in [0.25, 0.3) is 11.4 Å². The number of halogens is 1. The van der Waals surface area contributed by atoms with Gasteiger partial charge in [-0.15, -0.1) is 21.5 Å².